The van der Waals surface area contributed by atoms with Crippen LogP contribution in [0.5, 0.6) is 0 Å². The Kier molecular flexibility index (Phi) is 4.74. The molecule has 0 radical (unpaired) electrons. The summed E-state index contributed by atoms with van der Waals surface area (Å²) in [4.78, 5) is 25.2. The van der Waals surface area contributed by atoms with Crippen LogP contribution in [0.25, 0.3) is 0 Å². The van der Waals surface area contributed by atoms with E-state index < -0.39 is 0 Å². The summed E-state index contributed by atoms with van der Waals surface area (Å²) in [6.07, 6.45) is 0.380. The highest BCUT2D eigenvalue weighted by Gasteiger charge is 2.20. The van der Waals surface area contributed by atoms with Gasteiger partial charge in [-0.2, -0.15) is 0 Å². The highest BCUT2D eigenvalue weighted by molar-refractivity contribution is 8.13. The van der Waals surface area contributed by atoms with Gasteiger partial charge in [-0.15, -0.1) is 22.7 Å². The summed E-state index contributed by atoms with van der Waals surface area (Å²) in [5, 5.41) is 3.86. The monoisotopic (exact) mass is 296 g/mol. The summed E-state index contributed by atoms with van der Waals surface area (Å²) in [6, 6.07) is 7.63. The van der Waals surface area contributed by atoms with Crippen LogP contribution >= 0.6 is 34.4 Å². The molecule has 2 aromatic heterocycles. The molecule has 0 aliphatic carbocycles. The Morgan fingerprint density at radius 3 is 2.50 bits per heavy atom. The molecule has 94 valence electrons. The van der Waals surface area contributed by atoms with Crippen molar-refractivity contribution in [3.63, 3.8) is 0 Å². The maximum absolute atomic E-state index is 12.1. The second-order valence-electron chi connectivity index (χ2n) is 3.72. The van der Waals surface area contributed by atoms with Crippen LogP contribution in [0, 0.1) is 0 Å². The highest BCUT2D eigenvalue weighted by atomic mass is 32.2. The molecule has 5 heteroatoms. The van der Waals surface area contributed by atoms with E-state index in [0.29, 0.717) is 6.42 Å². The van der Waals surface area contributed by atoms with Crippen molar-refractivity contribution in [2.24, 2.45) is 0 Å². The van der Waals surface area contributed by atoms with Gasteiger partial charge in [-0.1, -0.05) is 23.9 Å². The molecule has 0 N–H and O–H groups in total. The van der Waals surface area contributed by atoms with Crippen LogP contribution in [-0.2, 0) is 4.79 Å². The predicted octanol–water partition coefficient (Wildman–Crippen LogP) is 4.40. The predicted molar refractivity (Wildman–Crippen MR) is 78.6 cm³/mol. The molecule has 2 rings (SSSR count). The zero-order valence-corrected chi connectivity index (χ0v) is 12.2. The molecule has 0 bridgehead atoms. The number of hydrogen-bond donors (Lipinski definition) is 0. The van der Waals surface area contributed by atoms with E-state index in [0.717, 1.165) is 9.75 Å². The number of rotatable bonds is 5. The van der Waals surface area contributed by atoms with Crippen molar-refractivity contribution in [2.75, 3.05) is 0 Å². The van der Waals surface area contributed by atoms with Crippen molar-refractivity contribution in [3.05, 3.63) is 44.8 Å². The lowest BCUT2D eigenvalue weighted by molar-refractivity contribution is -0.109. The number of thioether (sulfide) groups is 1. The summed E-state index contributed by atoms with van der Waals surface area (Å²) in [6.45, 7) is 1.54. The Morgan fingerprint density at radius 2 is 1.94 bits per heavy atom. The van der Waals surface area contributed by atoms with Crippen molar-refractivity contribution < 1.29 is 9.59 Å². The van der Waals surface area contributed by atoms with E-state index in [4.69, 9.17) is 0 Å². The fourth-order valence-electron chi connectivity index (χ4n) is 1.58. The lowest BCUT2D eigenvalue weighted by atomic mass is 10.1. The Morgan fingerprint density at radius 1 is 1.22 bits per heavy atom. The maximum Gasteiger partial charge on any atom is 0.186 e. The molecular formula is C13H12O2S3. The maximum atomic E-state index is 12.1. The number of Topliss-reactive ketones (excluding diaryl/α,β-unsaturated/α-hetero) is 1. The van der Waals surface area contributed by atoms with Gasteiger partial charge in [0.15, 0.2) is 10.9 Å². The van der Waals surface area contributed by atoms with Crippen molar-refractivity contribution in [1.29, 1.82) is 0 Å². The number of thiophene rings is 2. The Balaban J connectivity index is 2.11. The normalized spacial score (nSPS) is 12.3. The quantitative estimate of drug-likeness (QED) is 0.767. The fraction of sp³-hybridized carbons (Fsp3) is 0.231. The average Bonchev–Trinajstić information content (AvgIpc) is 3.01. The van der Waals surface area contributed by atoms with Gasteiger partial charge in [0.2, 0.25) is 0 Å². The van der Waals surface area contributed by atoms with Gasteiger partial charge in [-0.25, -0.2) is 0 Å². The van der Waals surface area contributed by atoms with Gasteiger partial charge in [0.05, 0.1) is 10.1 Å². The third-order valence-corrected chi connectivity index (χ3v) is 5.42. The summed E-state index contributed by atoms with van der Waals surface area (Å²) in [7, 11) is 0. The van der Waals surface area contributed by atoms with E-state index in [9.17, 15) is 9.59 Å². The molecule has 0 saturated heterocycles. The van der Waals surface area contributed by atoms with Gasteiger partial charge in [0, 0.05) is 18.2 Å². The molecule has 0 amide bonds. The molecule has 2 heterocycles. The van der Waals surface area contributed by atoms with E-state index in [1.54, 1.807) is 18.3 Å². The Labute approximate surface area is 118 Å². The minimum Gasteiger partial charge on any atom is -0.293 e. The zero-order valence-electron chi connectivity index (χ0n) is 9.79. The SMILES string of the molecule is CC(=O)S[C@H](CC(=O)c1cccs1)c1cccs1. The van der Waals surface area contributed by atoms with Gasteiger partial charge < -0.3 is 0 Å². The molecule has 2 aromatic rings. The Hall–Kier alpha value is -0.910. The van der Waals surface area contributed by atoms with Gasteiger partial charge in [-0.3, -0.25) is 9.59 Å². The lowest BCUT2D eigenvalue weighted by Crippen LogP contribution is -2.04. The van der Waals surface area contributed by atoms with E-state index >= 15 is 0 Å². The van der Waals surface area contributed by atoms with Crippen LogP contribution < -0.4 is 0 Å². The minimum atomic E-state index is -0.0582. The third kappa shape index (κ3) is 3.54. The number of ketones is 1. The largest absolute Gasteiger partial charge is 0.293 e. The first-order valence-corrected chi connectivity index (χ1v) is 8.08. The van der Waals surface area contributed by atoms with Crippen molar-refractivity contribution >= 4 is 45.3 Å². The second kappa shape index (κ2) is 6.31. The summed E-state index contributed by atoms with van der Waals surface area (Å²) in [5.74, 6) is 0.108. The van der Waals surface area contributed by atoms with Crippen molar-refractivity contribution in [2.45, 2.75) is 18.6 Å². The summed E-state index contributed by atoms with van der Waals surface area (Å²) < 4.78 is 0. The van der Waals surface area contributed by atoms with Crippen LogP contribution in [0.2, 0.25) is 0 Å². The Bertz CT molecular complexity index is 514. The average molecular weight is 296 g/mol. The topological polar surface area (TPSA) is 34.1 Å². The van der Waals surface area contributed by atoms with Crippen molar-refractivity contribution in [1.82, 2.24) is 0 Å². The van der Waals surface area contributed by atoms with Crippen LogP contribution in [-0.4, -0.2) is 10.9 Å². The van der Waals surface area contributed by atoms with Crippen LogP contribution in [0.3, 0.4) is 0 Å². The third-order valence-electron chi connectivity index (χ3n) is 2.34. The molecular weight excluding hydrogens is 284 g/mol. The van der Waals surface area contributed by atoms with Gasteiger partial charge >= 0.3 is 0 Å². The summed E-state index contributed by atoms with van der Waals surface area (Å²) >= 11 is 4.28. The minimum absolute atomic E-state index is 0.0485. The van der Waals surface area contributed by atoms with E-state index in [1.165, 1.54) is 23.1 Å². The van der Waals surface area contributed by atoms with E-state index in [2.05, 4.69) is 0 Å². The molecule has 0 unspecified atom stereocenters. The van der Waals surface area contributed by atoms with E-state index in [-0.39, 0.29) is 16.1 Å². The van der Waals surface area contributed by atoms with Crippen LogP contribution in [0.15, 0.2) is 35.0 Å². The molecule has 0 aliphatic rings. The molecule has 0 saturated carbocycles. The van der Waals surface area contributed by atoms with Gasteiger partial charge in [-0.05, 0) is 22.9 Å². The molecule has 2 nitrogen and oxygen atoms in total. The summed E-state index contributed by atoms with van der Waals surface area (Å²) in [5.41, 5.74) is 0. The first kappa shape index (κ1) is 13.5. The van der Waals surface area contributed by atoms with Gasteiger partial charge in [0.1, 0.15) is 0 Å². The van der Waals surface area contributed by atoms with Crippen LogP contribution in [0.1, 0.15) is 33.1 Å². The lowest BCUT2D eigenvalue weighted by Gasteiger charge is -2.11. The van der Waals surface area contributed by atoms with Crippen molar-refractivity contribution in [3.8, 4) is 0 Å². The highest BCUT2D eigenvalue weighted by Crippen LogP contribution is 2.36. The first-order chi connectivity index (χ1) is 8.66. The van der Waals surface area contributed by atoms with Crippen LogP contribution in [0.4, 0.5) is 0 Å². The molecule has 0 fully saturated rings. The number of carbonyl (C=O) groups excluding carboxylic acids is 2. The molecule has 0 aromatic carbocycles. The first-order valence-electron chi connectivity index (χ1n) is 5.44. The number of carbonyl (C=O) groups is 2. The molecule has 18 heavy (non-hydrogen) atoms. The number of hydrogen-bond acceptors (Lipinski definition) is 5. The van der Waals surface area contributed by atoms with E-state index in [1.807, 2.05) is 35.0 Å². The molecule has 1 atom stereocenters. The zero-order chi connectivity index (χ0) is 13.0. The standard InChI is InChI=1S/C13H12O2S3/c1-9(14)18-13(12-5-3-7-17-12)8-10(15)11-4-2-6-16-11/h2-7,13H,8H2,1H3/t13-/m1/s1. The molecule has 0 spiro atoms. The second-order valence-corrected chi connectivity index (χ2v) is 7.02. The smallest absolute Gasteiger partial charge is 0.186 e. The van der Waals surface area contributed by atoms with Gasteiger partial charge in [0.25, 0.3) is 0 Å². The molecule has 0 aliphatic heterocycles. The fourth-order valence-corrected chi connectivity index (χ4v) is 4.10.